The molecule has 13 heteroatoms. The normalized spacial score (nSPS) is 16.7. The molecule has 2 atom stereocenters. The number of nitrogens with zero attached hydrogens (tertiary/aromatic N) is 4. The zero-order valence-corrected chi connectivity index (χ0v) is 27.5. The number of phenols is 1. The van der Waals surface area contributed by atoms with Crippen LogP contribution in [0.4, 0.5) is 10.5 Å². The van der Waals surface area contributed by atoms with Gasteiger partial charge < -0.3 is 35.0 Å². The second kappa shape index (κ2) is 15.3. The van der Waals surface area contributed by atoms with Crippen molar-refractivity contribution in [2.24, 2.45) is 7.05 Å². The Morgan fingerprint density at radius 1 is 0.959 bits per heavy atom. The standard InChI is InChI=1S/C36H35ClN6O6/c1-41-22-26(32(40-41)29-21-27(37)11-14-31(29)44)10-7-24-8-12-28(13-9-24)38-34(45)30-23-49-20-17-43(30)35(46)33(25-5-3-2-4-6-25)39-36(47)42-15-18-48-19-16-42/h2-6,8-9,11-14,21-22,30,33,44H,15-20,23H2,1H3,(H,38,45)(H,39,47). The van der Waals surface area contributed by atoms with Gasteiger partial charge in [-0.05, 0) is 48.0 Å². The maximum absolute atomic E-state index is 14.1. The van der Waals surface area contributed by atoms with Gasteiger partial charge in [0.2, 0.25) is 5.91 Å². The summed E-state index contributed by atoms with van der Waals surface area (Å²) in [7, 11) is 1.77. The number of rotatable bonds is 6. The summed E-state index contributed by atoms with van der Waals surface area (Å²) in [6.45, 7) is 2.16. The molecule has 3 heterocycles. The van der Waals surface area contributed by atoms with Crippen LogP contribution in [0.5, 0.6) is 5.75 Å². The summed E-state index contributed by atoms with van der Waals surface area (Å²) in [5.41, 5.74) is 3.39. The summed E-state index contributed by atoms with van der Waals surface area (Å²) in [6, 6.07) is 18.4. The predicted octanol–water partition coefficient (Wildman–Crippen LogP) is 3.79. The van der Waals surface area contributed by atoms with Crippen molar-refractivity contribution < 1.29 is 29.0 Å². The molecule has 2 saturated heterocycles. The fraction of sp³-hybridized carbons (Fsp3) is 0.278. The van der Waals surface area contributed by atoms with Crippen molar-refractivity contribution in [3.63, 3.8) is 0 Å². The van der Waals surface area contributed by atoms with Gasteiger partial charge in [0.15, 0.2) is 0 Å². The quantitative estimate of drug-likeness (QED) is 0.263. The van der Waals surface area contributed by atoms with Crippen LogP contribution in [-0.4, -0.2) is 94.6 Å². The van der Waals surface area contributed by atoms with Gasteiger partial charge in [-0.25, -0.2) is 4.79 Å². The lowest BCUT2D eigenvalue weighted by Gasteiger charge is -2.37. The number of anilines is 1. The highest BCUT2D eigenvalue weighted by Gasteiger charge is 2.38. The van der Waals surface area contributed by atoms with Crippen molar-refractivity contribution in [2.75, 3.05) is 51.4 Å². The van der Waals surface area contributed by atoms with E-state index in [4.69, 9.17) is 21.1 Å². The van der Waals surface area contributed by atoms with E-state index in [1.807, 2.05) is 6.07 Å². The SMILES string of the molecule is Cn1cc(C#Cc2ccc(NC(=O)C3COCCN3C(=O)C(NC(=O)N3CCOCC3)c3ccccc3)cc2)c(-c2cc(Cl)ccc2O)n1. The highest BCUT2D eigenvalue weighted by atomic mass is 35.5. The Labute approximate surface area is 288 Å². The Kier molecular flexibility index (Phi) is 10.4. The summed E-state index contributed by atoms with van der Waals surface area (Å²) in [6.07, 6.45) is 1.76. The van der Waals surface area contributed by atoms with Gasteiger partial charge >= 0.3 is 6.03 Å². The largest absolute Gasteiger partial charge is 0.507 e. The minimum Gasteiger partial charge on any atom is -0.507 e. The van der Waals surface area contributed by atoms with Crippen LogP contribution in [0, 0.1) is 11.8 Å². The maximum Gasteiger partial charge on any atom is 0.318 e. The first-order valence-electron chi connectivity index (χ1n) is 15.8. The van der Waals surface area contributed by atoms with E-state index in [9.17, 15) is 19.5 Å². The number of carbonyl (C=O) groups excluding carboxylic acids is 3. The molecule has 3 N–H and O–H groups in total. The number of phenolic OH excluding ortho intramolecular Hbond substituents is 1. The van der Waals surface area contributed by atoms with Gasteiger partial charge in [0, 0.05) is 54.7 Å². The van der Waals surface area contributed by atoms with Gasteiger partial charge in [0.1, 0.15) is 23.5 Å². The van der Waals surface area contributed by atoms with Crippen molar-refractivity contribution in [3.05, 3.63) is 101 Å². The van der Waals surface area contributed by atoms with E-state index in [2.05, 4.69) is 27.6 Å². The number of ether oxygens (including phenoxy) is 2. The van der Waals surface area contributed by atoms with E-state index >= 15 is 0 Å². The van der Waals surface area contributed by atoms with E-state index in [1.165, 1.54) is 11.0 Å². The topological polar surface area (TPSA) is 138 Å². The summed E-state index contributed by atoms with van der Waals surface area (Å²) in [5.74, 6) is 5.44. The Morgan fingerprint density at radius 3 is 2.45 bits per heavy atom. The number of hydrogen-bond donors (Lipinski definition) is 3. The number of halogens is 1. The molecule has 6 rings (SSSR count). The van der Waals surface area contributed by atoms with Gasteiger partial charge in [-0.3, -0.25) is 14.3 Å². The van der Waals surface area contributed by atoms with Crippen LogP contribution in [0.1, 0.15) is 22.7 Å². The van der Waals surface area contributed by atoms with Crippen LogP contribution in [-0.2, 0) is 26.1 Å². The van der Waals surface area contributed by atoms with Crippen molar-refractivity contribution in [1.29, 1.82) is 0 Å². The van der Waals surface area contributed by atoms with E-state index in [0.29, 0.717) is 65.0 Å². The van der Waals surface area contributed by atoms with Crippen LogP contribution < -0.4 is 10.6 Å². The second-order valence-electron chi connectivity index (χ2n) is 11.6. The molecule has 252 valence electrons. The van der Waals surface area contributed by atoms with Gasteiger partial charge in [0.25, 0.3) is 5.91 Å². The molecule has 0 radical (unpaired) electrons. The summed E-state index contributed by atoms with van der Waals surface area (Å²) in [4.78, 5) is 43.9. The van der Waals surface area contributed by atoms with Crippen LogP contribution in [0.25, 0.3) is 11.3 Å². The minimum absolute atomic E-state index is 0.00960. The van der Waals surface area contributed by atoms with Gasteiger partial charge in [-0.1, -0.05) is 53.8 Å². The van der Waals surface area contributed by atoms with E-state index in [1.54, 1.807) is 83.5 Å². The molecule has 0 aliphatic carbocycles. The molecule has 2 unspecified atom stereocenters. The molecule has 0 saturated carbocycles. The zero-order chi connectivity index (χ0) is 34.3. The molecule has 4 aromatic rings. The Morgan fingerprint density at radius 2 is 1.69 bits per heavy atom. The average Bonchev–Trinajstić information content (AvgIpc) is 3.51. The van der Waals surface area contributed by atoms with E-state index < -0.39 is 23.9 Å². The van der Waals surface area contributed by atoms with E-state index in [0.717, 1.165) is 0 Å². The maximum atomic E-state index is 14.1. The van der Waals surface area contributed by atoms with Crippen LogP contribution in [0.2, 0.25) is 5.02 Å². The van der Waals surface area contributed by atoms with Crippen LogP contribution >= 0.6 is 11.6 Å². The molecule has 0 spiro atoms. The minimum atomic E-state index is -0.994. The Bertz CT molecular complexity index is 1880. The van der Waals surface area contributed by atoms with Gasteiger partial charge in [0.05, 0.1) is 32.0 Å². The number of carbonyl (C=O) groups is 3. The molecule has 3 aromatic carbocycles. The number of nitrogens with one attached hydrogen (secondary N) is 2. The summed E-state index contributed by atoms with van der Waals surface area (Å²) < 4.78 is 12.6. The van der Waals surface area contributed by atoms with Gasteiger partial charge in [-0.2, -0.15) is 5.10 Å². The average molecular weight is 683 g/mol. The molecule has 0 bridgehead atoms. The van der Waals surface area contributed by atoms with Crippen LogP contribution in [0.3, 0.4) is 0 Å². The molecule has 49 heavy (non-hydrogen) atoms. The van der Waals surface area contributed by atoms with Crippen LogP contribution in [0.15, 0.2) is 79.0 Å². The molecule has 2 fully saturated rings. The van der Waals surface area contributed by atoms with Gasteiger partial charge in [-0.15, -0.1) is 0 Å². The third-order valence-corrected chi connectivity index (χ3v) is 8.43. The zero-order valence-electron chi connectivity index (χ0n) is 26.8. The molecular weight excluding hydrogens is 648 g/mol. The molecule has 2 aliphatic heterocycles. The van der Waals surface area contributed by atoms with Crippen molar-refractivity contribution in [2.45, 2.75) is 12.1 Å². The Balaban J connectivity index is 1.15. The first-order chi connectivity index (χ1) is 23.8. The highest BCUT2D eigenvalue weighted by Crippen LogP contribution is 2.32. The highest BCUT2D eigenvalue weighted by molar-refractivity contribution is 6.31. The number of aryl methyl sites for hydroxylation is 1. The monoisotopic (exact) mass is 682 g/mol. The lowest BCUT2D eigenvalue weighted by Crippen LogP contribution is -2.58. The third-order valence-electron chi connectivity index (χ3n) is 8.20. The molecule has 12 nitrogen and oxygen atoms in total. The third kappa shape index (κ3) is 8.04. The number of morpholine rings is 2. The molecule has 2 aliphatic rings. The molecule has 1 aromatic heterocycles. The number of aromatic hydroxyl groups is 1. The summed E-state index contributed by atoms with van der Waals surface area (Å²) >= 11 is 6.15. The van der Waals surface area contributed by atoms with Crippen molar-refractivity contribution >= 4 is 35.1 Å². The second-order valence-corrected chi connectivity index (χ2v) is 12.0. The predicted molar refractivity (Wildman–Crippen MR) is 183 cm³/mol. The number of benzene rings is 3. The smallest absolute Gasteiger partial charge is 0.318 e. The molecule has 4 amide bonds. The lowest BCUT2D eigenvalue weighted by molar-refractivity contribution is -0.148. The molecular formula is C36H35ClN6O6. The van der Waals surface area contributed by atoms with E-state index in [-0.39, 0.29) is 31.5 Å². The number of urea groups is 1. The summed E-state index contributed by atoms with van der Waals surface area (Å²) in [5, 5.41) is 21.1. The Hall–Kier alpha value is -5.35. The number of aromatic nitrogens is 2. The fourth-order valence-electron chi connectivity index (χ4n) is 5.64. The fourth-order valence-corrected chi connectivity index (χ4v) is 5.82. The van der Waals surface area contributed by atoms with Crippen molar-refractivity contribution in [1.82, 2.24) is 24.9 Å². The first kappa shape index (κ1) is 33.5. The lowest BCUT2D eigenvalue weighted by atomic mass is 10.0. The number of hydrogen-bond acceptors (Lipinski definition) is 7. The van der Waals surface area contributed by atoms with Crippen molar-refractivity contribution in [3.8, 4) is 28.8 Å². The first-order valence-corrected chi connectivity index (χ1v) is 16.2. The number of amides is 4.